The van der Waals surface area contributed by atoms with Gasteiger partial charge in [-0.2, -0.15) is 26.3 Å². The van der Waals surface area contributed by atoms with Crippen LogP contribution in [0.3, 0.4) is 0 Å². The molecule has 3 nitrogen and oxygen atoms in total. The zero-order valence-electron chi connectivity index (χ0n) is 9.72. The van der Waals surface area contributed by atoms with Crippen LogP contribution in [-0.2, 0) is 18.9 Å². The molecular formula is C10H10ClF6N3. The minimum absolute atomic E-state index is 0. The average molecular weight is 322 g/mol. The fourth-order valence-electron chi connectivity index (χ4n) is 1.33. The van der Waals surface area contributed by atoms with E-state index in [1.807, 2.05) is 0 Å². The van der Waals surface area contributed by atoms with Crippen molar-refractivity contribution in [1.29, 1.82) is 0 Å². The number of nitrogens with two attached hydrogens (primary N) is 2. The maximum Gasteiger partial charge on any atom is 0.416 e. The van der Waals surface area contributed by atoms with Crippen LogP contribution in [0.5, 0.6) is 0 Å². The predicted octanol–water partition coefficient (Wildman–Crippen LogP) is 2.92. The van der Waals surface area contributed by atoms with Crippen molar-refractivity contribution < 1.29 is 26.3 Å². The Kier molecular flexibility index (Phi) is 5.70. The van der Waals surface area contributed by atoms with Crippen molar-refractivity contribution in [3.8, 4) is 0 Å². The van der Waals surface area contributed by atoms with E-state index in [1.165, 1.54) is 0 Å². The third-order valence-corrected chi connectivity index (χ3v) is 2.17. The van der Waals surface area contributed by atoms with Crippen molar-refractivity contribution in [3.05, 3.63) is 34.9 Å². The molecule has 114 valence electrons. The lowest BCUT2D eigenvalue weighted by atomic mass is 10.0. The topological polar surface area (TPSA) is 64.4 Å². The Morgan fingerprint density at radius 2 is 1.55 bits per heavy atom. The molecule has 0 aromatic heterocycles. The van der Waals surface area contributed by atoms with Crippen molar-refractivity contribution in [1.82, 2.24) is 0 Å². The summed E-state index contributed by atoms with van der Waals surface area (Å²) in [5.41, 5.74) is 6.70. The summed E-state index contributed by atoms with van der Waals surface area (Å²) in [5.74, 6) is -0.451. The number of nitrogens with zero attached hydrogens (tertiary/aromatic N) is 1. The summed E-state index contributed by atoms with van der Waals surface area (Å²) in [4.78, 5) is 3.35. The van der Waals surface area contributed by atoms with Crippen LogP contribution in [0, 0.1) is 0 Å². The summed E-state index contributed by atoms with van der Waals surface area (Å²) < 4.78 is 75.1. The minimum Gasteiger partial charge on any atom is -0.370 e. The van der Waals surface area contributed by atoms with Crippen LogP contribution in [0.15, 0.2) is 23.2 Å². The third kappa shape index (κ3) is 4.80. The second kappa shape index (κ2) is 6.21. The molecule has 1 aromatic rings. The van der Waals surface area contributed by atoms with Crippen LogP contribution >= 0.6 is 12.4 Å². The van der Waals surface area contributed by atoms with Crippen LogP contribution < -0.4 is 11.5 Å². The van der Waals surface area contributed by atoms with Gasteiger partial charge in [0.05, 0.1) is 17.7 Å². The number of alkyl halides is 6. The highest BCUT2D eigenvalue weighted by atomic mass is 35.5. The number of aliphatic imine (C=N–C) groups is 1. The molecule has 1 rings (SSSR count). The summed E-state index contributed by atoms with van der Waals surface area (Å²) in [6.45, 7) is -0.546. The first-order chi connectivity index (χ1) is 8.51. The Balaban J connectivity index is 0.00000361. The van der Waals surface area contributed by atoms with Crippen LogP contribution in [0.2, 0.25) is 0 Å². The van der Waals surface area contributed by atoms with Gasteiger partial charge in [-0.1, -0.05) is 6.07 Å². The molecule has 0 radical (unpaired) electrons. The molecule has 0 bridgehead atoms. The van der Waals surface area contributed by atoms with Gasteiger partial charge in [-0.25, -0.2) is 4.99 Å². The number of rotatable bonds is 2. The van der Waals surface area contributed by atoms with Gasteiger partial charge in [-0.15, -0.1) is 12.4 Å². The monoisotopic (exact) mass is 321 g/mol. The highest BCUT2D eigenvalue weighted by Gasteiger charge is 2.37. The van der Waals surface area contributed by atoms with Gasteiger partial charge in [0.25, 0.3) is 0 Å². The van der Waals surface area contributed by atoms with E-state index in [1.54, 1.807) is 0 Å². The van der Waals surface area contributed by atoms with Gasteiger partial charge in [0, 0.05) is 0 Å². The second-order valence-corrected chi connectivity index (χ2v) is 3.61. The fourth-order valence-corrected chi connectivity index (χ4v) is 1.33. The summed E-state index contributed by atoms with van der Waals surface area (Å²) in [6.07, 6.45) is -9.77. The molecule has 0 fully saturated rings. The van der Waals surface area contributed by atoms with Gasteiger partial charge < -0.3 is 11.5 Å². The van der Waals surface area contributed by atoms with Crippen LogP contribution in [0.4, 0.5) is 26.3 Å². The van der Waals surface area contributed by atoms with E-state index < -0.39 is 41.5 Å². The Hall–Kier alpha value is -1.64. The SMILES string of the molecule is Cl.NC(N)=NCc1ccc(C(F)(F)F)cc1C(F)(F)F. The lowest BCUT2D eigenvalue weighted by Crippen LogP contribution is -2.23. The van der Waals surface area contributed by atoms with Gasteiger partial charge in [-0.05, 0) is 17.7 Å². The van der Waals surface area contributed by atoms with Gasteiger partial charge in [0.2, 0.25) is 0 Å². The molecule has 0 spiro atoms. The van der Waals surface area contributed by atoms with E-state index >= 15 is 0 Å². The number of hydrogen-bond acceptors (Lipinski definition) is 1. The van der Waals surface area contributed by atoms with E-state index in [9.17, 15) is 26.3 Å². The Morgan fingerprint density at radius 3 is 1.95 bits per heavy atom. The first kappa shape index (κ1) is 18.4. The number of hydrogen-bond donors (Lipinski definition) is 2. The van der Waals surface area contributed by atoms with Crippen molar-refractivity contribution in [2.24, 2.45) is 16.5 Å². The Morgan fingerprint density at radius 1 is 1.00 bits per heavy atom. The third-order valence-electron chi connectivity index (χ3n) is 2.17. The Bertz CT molecular complexity index is 491. The summed E-state index contributed by atoms with van der Waals surface area (Å²) in [7, 11) is 0. The molecule has 0 aliphatic rings. The molecule has 0 amide bonds. The number of guanidine groups is 1. The minimum atomic E-state index is -4.92. The summed E-state index contributed by atoms with van der Waals surface area (Å²) in [6, 6.07) is 1.29. The van der Waals surface area contributed by atoms with Crippen LogP contribution in [-0.4, -0.2) is 5.96 Å². The molecule has 0 heterocycles. The molecule has 0 aliphatic heterocycles. The largest absolute Gasteiger partial charge is 0.416 e. The molecule has 0 aliphatic carbocycles. The molecular weight excluding hydrogens is 312 g/mol. The smallest absolute Gasteiger partial charge is 0.370 e. The second-order valence-electron chi connectivity index (χ2n) is 3.61. The number of halogens is 7. The zero-order chi connectivity index (χ0) is 14.8. The molecule has 0 atom stereocenters. The van der Waals surface area contributed by atoms with E-state index in [0.29, 0.717) is 12.1 Å². The molecule has 0 unspecified atom stereocenters. The van der Waals surface area contributed by atoms with Crippen molar-refractivity contribution in [2.45, 2.75) is 18.9 Å². The van der Waals surface area contributed by atoms with E-state index in [4.69, 9.17) is 11.5 Å². The normalized spacial score (nSPS) is 11.7. The molecule has 0 saturated carbocycles. The average Bonchev–Trinajstić information content (AvgIpc) is 2.23. The predicted molar refractivity (Wildman–Crippen MR) is 63.2 cm³/mol. The molecule has 10 heteroatoms. The summed E-state index contributed by atoms with van der Waals surface area (Å²) in [5, 5.41) is 0. The van der Waals surface area contributed by atoms with E-state index in [-0.39, 0.29) is 18.5 Å². The first-order valence-electron chi connectivity index (χ1n) is 4.84. The van der Waals surface area contributed by atoms with Gasteiger partial charge in [0.15, 0.2) is 5.96 Å². The molecule has 0 saturated heterocycles. The fraction of sp³-hybridized carbons (Fsp3) is 0.300. The molecule has 1 aromatic carbocycles. The highest BCUT2D eigenvalue weighted by molar-refractivity contribution is 5.85. The van der Waals surface area contributed by atoms with Crippen LogP contribution in [0.1, 0.15) is 16.7 Å². The summed E-state index contributed by atoms with van der Waals surface area (Å²) >= 11 is 0. The van der Waals surface area contributed by atoms with Crippen molar-refractivity contribution in [2.75, 3.05) is 0 Å². The maximum atomic E-state index is 12.7. The van der Waals surface area contributed by atoms with Crippen molar-refractivity contribution >= 4 is 18.4 Å². The van der Waals surface area contributed by atoms with E-state index in [0.717, 1.165) is 0 Å². The first-order valence-corrected chi connectivity index (χ1v) is 4.84. The van der Waals surface area contributed by atoms with Crippen molar-refractivity contribution in [3.63, 3.8) is 0 Å². The zero-order valence-corrected chi connectivity index (χ0v) is 10.5. The lowest BCUT2D eigenvalue weighted by Gasteiger charge is -2.14. The highest BCUT2D eigenvalue weighted by Crippen LogP contribution is 2.37. The maximum absolute atomic E-state index is 12.7. The standard InChI is InChI=1S/C10H9F6N3.ClH/c11-9(12,13)6-2-1-5(4-19-8(17)18)7(3-6)10(14,15)16;/h1-3H,4H2,(H4,17,18,19);1H. The number of benzene rings is 1. The van der Waals surface area contributed by atoms with Crippen LogP contribution in [0.25, 0.3) is 0 Å². The van der Waals surface area contributed by atoms with E-state index in [2.05, 4.69) is 4.99 Å². The Labute approximate surface area is 116 Å². The van der Waals surface area contributed by atoms with Gasteiger partial charge in [-0.3, -0.25) is 0 Å². The molecule has 4 N–H and O–H groups in total. The van der Waals surface area contributed by atoms with Gasteiger partial charge in [0.1, 0.15) is 0 Å². The van der Waals surface area contributed by atoms with Gasteiger partial charge >= 0.3 is 12.4 Å². The lowest BCUT2D eigenvalue weighted by molar-refractivity contribution is -0.143. The quantitative estimate of drug-likeness (QED) is 0.500. The molecule has 20 heavy (non-hydrogen) atoms.